The number of carbonyl (C=O) groups excluding carboxylic acids is 1. The number of nitrogens with zero attached hydrogens (tertiary/aromatic N) is 1. The molecular formula is C29H33IN2O5. The summed E-state index contributed by atoms with van der Waals surface area (Å²) >= 11 is 2.22. The predicted molar refractivity (Wildman–Crippen MR) is 154 cm³/mol. The first kappa shape index (κ1) is 28.3. The van der Waals surface area contributed by atoms with Crippen molar-refractivity contribution in [2.75, 3.05) is 19.8 Å². The number of benzene rings is 3. The van der Waals surface area contributed by atoms with Crippen LogP contribution < -0.4 is 24.4 Å². The lowest BCUT2D eigenvalue weighted by Gasteiger charge is -2.15. The second kappa shape index (κ2) is 14.5. The smallest absolute Gasteiger partial charge is 0.271 e. The molecule has 0 fully saturated rings. The maximum Gasteiger partial charge on any atom is 0.271 e. The van der Waals surface area contributed by atoms with Crippen LogP contribution in [0.1, 0.15) is 54.2 Å². The van der Waals surface area contributed by atoms with Crippen LogP contribution in [0.5, 0.6) is 23.0 Å². The normalized spacial score (nSPS) is 10.8. The van der Waals surface area contributed by atoms with E-state index in [0.29, 0.717) is 55.0 Å². The fourth-order valence-corrected chi connectivity index (χ4v) is 4.17. The third kappa shape index (κ3) is 8.38. The van der Waals surface area contributed by atoms with Gasteiger partial charge in [-0.05, 0) is 91.2 Å². The molecule has 0 aliphatic carbocycles. The lowest BCUT2D eigenvalue weighted by molar-refractivity contribution is 0.0954. The summed E-state index contributed by atoms with van der Waals surface area (Å²) < 4.78 is 24.2. The molecule has 1 amide bonds. The Bertz CT molecular complexity index is 1210. The molecule has 3 aromatic rings. The molecule has 1 N–H and O–H groups in total. The Hall–Kier alpha value is -3.27. The van der Waals surface area contributed by atoms with E-state index in [-0.39, 0.29) is 5.91 Å². The average Bonchev–Trinajstić information content (AvgIpc) is 2.88. The highest BCUT2D eigenvalue weighted by molar-refractivity contribution is 14.1. The van der Waals surface area contributed by atoms with Crippen LogP contribution >= 0.6 is 22.6 Å². The van der Waals surface area contributed by atoms with Crippen molar-refractivity contribution in [3.8, 4) is 23.0 Å². The Kier molecular flexibility index (Phi) is 11.1. The van der Waals surface area contributed by atoms with E-state index in [9.17, 15) is 4.79 Å². The van der Waals surface area contributed by atoms with E-state index in [1.54, 1.807) is 24.4 Å². The Labute approximate surface area is 232 Å². The van der Waals surface area contributed by atoms with Crippen molar-refractivity contribution < 1.29 is 23.7 Å². The fourth-order valence-electron chi connectivity index (χ4n) is 3.38. The van der Waals surface area contributed by atoms with Crippen LogP contribution in [-0.2, 0) is 6.61 Å². The van der Waals surface area contributed by atoms with Crippen LogP contribution in [0.3, 0.4) is 0 Å². The molecule has 0 bridgehead atoms. The molecule has 0 spiro atoms. The van der Waals surface area contributed by atoms with E-state index in [4.69, 9.17) is 18.9 Å². The molecule has 8 heteroatoms. The lowest BCUT2D eigenvalue weighted by Crippen LogP contribution is -2.18. The monoisotopic (exact) mass is 616 g/mol. The summed E-state index contributed by atoms with van der Waals surface area (Å²) in [5.41, 5.74) is 6.06. The summed E-state index contributed by atoms with van der Waals surface area (Å²) in [7, 11) is 0. The highest BCUT2D eigenvalue weighted by Gasteiger charge is 2.13. The van der Waals surface area contributed by atoms with E-state index in [1.165, 1.54) is 5.56 Å². The molecule has 7 nitrogen and oxygen atoms in total. The number of hydrazone groups is 1. The first-order chi connectivity index (χ1) is 17.9. The average molecular weight is 616 g/mol. The van der Waals surface area contributed by atoms with Gasteiger partial charge in [-0.15, -0.1) is 0 Å². The first-order valence-corrected chi connectivity index (χ1v) is 13.4. The standard InChI is InChI=1S/C29H33IN2O5/c1-5-14-36-25-13-12-23(17-26(25)34-6-2)29(33)32-31-18-22-15-24(30)28(27(16-22)35-7-3)37-19-21-10-8-20(4)9-11-21/h8-13,15-18H,5-7,14,19H2,1-4H3,(H,32,33)/b31-18+. The summed E-state index contributed by atoms with van der Waals surface area (Å²) in [6.45, 7) is 9.88. The maximum absolute atomic E-state index is 12.7. The third-order valence-electron chi connectivity index (χ3n) is 5.18. The topological polar surface area (TPSA) is 78.4 Å². The van der Waals surface area contributed by atoms with Gasteiger partial charge in [-0.3, -0.25) is 4.79 Å². The lowest BCUT2D eigenvalue weighted by atomic mass is 10.1. The van der Waals surface area contributed by atoms with Crippen molar-refractivity contribution in [2.24, 2.45) is 5.10 Å². The molecule has 0 aliphatic rings. The van der Waals surface area contributed by atoms with E-state index >= 15 is 0 Å². The van der Waals surface area contributed by atoms with Gasteiger partial charge in [0.1, 0.15) is 6.61 Å². The van der Waals surface area contributed by atoms with Gasteiger partial charge in [-0.25, -0.2) is 5.43 Å². The molecule has 0 saturated carbocycles. The zero-order valence-electron chi connectivity index (χ0n) is 21.7. The summed E-state index contributed by atoms with van der Waals surface area (Å²) in [6.07, 6.45) is 2.46. The van der Waals surface area contributed by atoms with E-state index < -0.39 is 0 Å². The number of carbonyl (C=O) groups is 1. The molecule has 0 aromatic heterocycles. The molecule has 0 unspecified atom stereocenters. The van der Waals surface area contributed by atoms with Gasteiger partial charge >= 0.3 is 0 Å². The van der Waals surface area contributed by atoms with Crippen molar-refractivity contribution in [1.29, 1.82) is 0 Å². The number of amides is 1. The molecular weight excluding hydrogens is 583 g/mol. The van der Waals surface area contributed by atoms with Crippen molar-refractivity contribution in [3.63, 3.8) is 0 Å². The molecule has 0 heterocycles. The van der Waals surface area contributed by atoms with Crippen LogP contribution in [0.4, 0.5) is 0 Å². The van der Waals surface area contributed by atoms with Gasteiger partial charge < -0.3 is 18.9 Å². The molecule has 37 heavy (non-hydrogen) atoms. The van der Waals surface area contributed by atoms with Crippen molar-refractivity contribution in [1.82, 2.24) is 5.43 Å². The van der Waals surface area contributed by atoms with Crippen molar-refractivity contribution in [2.45, 2.75) is 40.7 Å². The second-order valence-electron chi connectivity index (χ2n) is 8.18. The highest BCUT2D eigenvalue weighted by atomic mass is 127. The largest absolute Gasteiger partial charge is 0.490 e. The summed E-state index contributed by atoms with van der Waals surface area (Å²) in [4.78, 5) is 12.7. The molecule has 0 radical (unpaired) electrons. The van der Waals surface area contributed by atoms with Gasteiger partial charge in [0.15, 0.2) is 23.0 Å². The Morgan fingerprint density at radius 2 is 1.62 bits per heavy atom. The van der Waals surface area contributed by atoms with Gasteiger partial charge in [-0.2, -0.15) is 5.10 Å². The Morgan fingerprint density at radius 3 is 2.32 bits per heavy atom. The minimum atomic E-state index is -0.350. The van der Waals surface area contributed by atoms with E-state index in [0.717, 1.165) is 21.1 Å². The second-order valence-corrected chi connectivity index (χ2v) is 9.34. The first-order valence-electron chi connectivity index (χ1n) is 12.3. The van der Waals surface area contributed by atoms with E-state index in [1.807, 2.05) is 32.9 Å². The van der Waals surface area contributed by atoms with Crippen LogP contribution in [0.15, 0.2) is 59.7 Å². The molecule has 0 saturated heterocycles. The zero-order valence-corrected chi connectivity index (χ0v) is 23.8. The van der Waals surface area contributed by atoms with Gasteiger partial charge in [0.05, 0.1) is 29.6 Å². The molecule has 0 atom stereocenters. The van der Waals surface area contributed by atoms with Crippen LogP contribution in [0.25, 0.3) is 0 Å². The van der Waals surface area contributed by atoms with Gasteiger partial charge in [0, 0.05) is 5.56 Å². The SMILES string of the molecule is CCCOc1ccc(C(=O)N/N=C/c2cc(I)c(OCc3ccc(C)cc3)c(OCC)c2)cc1OCC. The zero-order chi connectivity index (χ0) is 26.6. The summed E-state index contributed by atoms with van der Waals surface area (Å²) in [6, 6.07) is 17.1. The van der Waals surface area contributed by atoms with Crippen LogP contribution in [-0.4, -0.2) is 31.9 Å². The van der Waals surface area contributed by atoms with Gasteiger partial charge in [0.2, 0.25) is 0 Å². The molecule has 0 aliphatic heterocycles. The fraction of sp³-hybridized carbons (Fsp3) is 0.310. The van der Waals surface area contributed by atoms with Crippen molar-refractivity contribution >= 4 is 34.7 Å². The Morgan fingerprint density at radius 1 is 0.892 bits per heavy atom. The molecule has 3 rings (SSSR count). The summed E-state index contributed by atoms with van der Waals surface area (Å²) in [5, 5.41) is 4.14. The predicted octanol–water partition coefficient (Wildman–Crippen LogP) is 6.53. The number of hydrogen-bond donors (Lipinski definition) is 1. The number of hydrogen-bond acceptors (Lipinski definition) is 6. The van der Waals surface area contributed by atoms with Crippen LogP contribution in [0, 0.1) is 10.5 Å². The van der Waals surface area contributed by atoms with Crippen molar-refractivity contribution in [3.05, 3.63) is 80.4 Å². The van der Waals surface area contributed by atoms with Gasteiger partial charge in [-0.1, -0.05) is 36.8 Å². The third-order valence-corrected chi connectivity index (χ3v) is 5.98. The Balaban J connectivity index is 1.70. The quantitative estimate of drug-likeness (QED) is 0.134. The number of rotatable bonds is 13. The van der Waals surface area contributed by atoms with Crippen LogP contribution in [0.2, 0.25) is 0 Å². The molecule has 3 aromatic carbocycles. The minimum Gasteiger partial charge on any atom is -0.490 e. The minimum absolute atomic E-state index is 0.350. The number of halogens is 1. The maximum atomic E-state index is 12.7. The number of aryl methyl sites for hydroxylation is 1. The molecule has 196 valence electrons. The number of nitrogens with one attached hydrogen (secondary N) is 1. The van der Waals surface area contributed by atoms with Gasteiger partial charge in [0.25, 0.3) is 5.91 Å². The number of ether oxygens (including phenoxy) is 4. The highest BCUT2D eigenvalue weighted by Crippen LogP contribution is 2.34. The van der Waals surface area contributed by atoms with E-state index in [2.05, 4.69) is 64.3 Å². The summed E-state index contributed by atoms with van der Waals surface area (Å²) in [5.74, 6) is 2.10.